The topological polar surface area (TPSA) is 60.3 Å². The Labute approximate surface area is 147 Å². The van der Waals surface area contributed by atoms with Crippen molar-refractivity contribution >= 4 is 23.4 Å². The summed E-state index contributed by atoms with van der Waals surface area (Å²) in [5.74, 6) is -0.241. The van der Waals surface area contributed by atoms with Gasteiger partial charge < -0.3 is 4.55 Å². The van der Waals surface area contributed by atoms with E-state index < -0.39 is 11.4 Å². The van der Waals surface area contributed by atoms with Crippen LogP contribution >= 0.6 is 0 Å². The third-order valence-electron chi connectivity index (χ3n) is 4.07. The molecule has 3 aromatic rings. The molecular weight excluding hydrogens is 337 g/mol. The van der Waals surface area contributed by atoms with E-state index in [9.17, 15) is 8.94 Å². The smallest absolute Gasteiger partial charge is 0.206 e. The van der Waals surface area contributed by atoms with Crippen molar-refractivity contribution in [2.45, 2.75) is 11.8 Å². The molecule has 1 aliphatic heterocycles. The molecule has 1 aromatic heterocycles. The maximum absolute atomic E-state index is 13.6. The van der Waals surface area contributed by atoms with Gasteiger partial charge in [0.05, 0.1) is 5.69 Å². The summed E-state index contributed by atoms with van der Waals surface area (Å²) >= 11 is -1.33. The van der Waals surface area contributed by atoms with Crippen molar-refractivity contribution in [1.82, 2.24) is 9.71 Å². The van der Waals surface area contributed by atoms with Gasteiger partial charge in [0, 0.05) is 23.4 Å². The Bertz CT molecular complexity index is 990. The first-order chi connectivity index (χ1) is 12.1. The fourth-order valence-electron chi connectivity index (χ4n) is 2.80. The van der Waals surface area contributed by atoms with Gasteiger partial charge in [-0.05, 0) is 48.4 Å². The number of aliphatic imine (C=N–C) groups is 1. The second-order valence-corrected chi connectivity index (χ2v) is 6.90. The van der Waals surface area contributed by atoms with Crippen LogP contribution in [0.5, 0.6) is 0 Å². The first-order valence-corrected chi connectivity index (χ1v) is 8.85. The van der Waals surface area contributed by atoms with Crippen molar-refractivity contribution < 1.29 is 8.94 Å². The number of aromatic nitrogens is 1. The first-order valence-electron chi connectivity index (χ1n) is 7.70. The molecule has 0 spiro atoms. The number of nitrogens with one attached hydrogen (secondary N) is 1. The summed E-state index contributed by atoms with van der Waals surface area (Å²) in [4.78, 5) is 9.31. The molecule has 25 heavy (non-hydrogen) atoms. The van der Waals surface area contributed by atoms with Crippen LogP contribution in [0.25, 0.3) is 22.4 Å². The molecule has 0 fully saturated rings. The van der Waals surface area contributed by atoms with Crippen LogP contribution in [0.1, 0.15) is 5.56 Å². The highest BCUT2D eigenvalue weighted by Gasteiger charge is 2.21. The molecule has 1 N–H and O–H groups in total. The Kier molecular flexibility index (Phi) is 3.99. The summed E-state index contributed by atoms with van der Waals surface area (Å²) in [6, 6.07) is 14.4. The average Bonchev–Trinajstić information content (AvgIpc) is 2.64. The van der Waals surface area contributed by atoms with Gasteiger partial charge >= 0.3 is 0 Å². The number of hydrogen-bond acceptors (Lipinski definition) is 4. The molecule has 2 heterocycles. The number of aryl methyl sites for hydroxylation is 1. The van der Waals surface area contributed by atoms with E-state index in [2.05, 4.69) is 14.7 Å². The molecule has 6 heteroatoms. The second kappa shape index (κ2) is 6.31. The number of rotatable bonds is 2. The van der Waals surface area contributed by atoms with Gasteiger partial charge in [0.15, 0.2) is 0 Å². The number of nitrogens with zero attached hydrogens (tertiary/aromatic N) is 2. The first kappa shape index (κ1) is 15.8. The molecular formula is C19H14FN3OS. The molecule has 0 aliphatic carbocycles. The number of hydrogen-bond donors (Lipinski definition) is 1. The zero-order chi connectivity index (χ0) is 17.4. The minimum absolute atomic E-state index is 0.241. The summed E-state index contributed by atoms with van der Waals surface area (Å²) in [6.45, 7) is 1.73. The van der Waals surface area contributed by atoms with E-state index in [1.165, 1.54) is 12.4 Å². The Hall–Kier alpha value is -2.70. The van der Waals surface area contributed by atoms with Gasteiger partial charge in [-0.1, -0.05) is 12.1 Å². The van der Waals surface area contributed by atoms with E-state index in [0.29, 0.717) is 16.1 Å². The minimum Gasteiger partial charge on any atom is -0.588 e. The van der Waals surface area contributed by atoms with Crippen molar-refractivity contribution in [2.75, 3.05) is 0 Å². The number of fused-ring (bicyclic) bond motifs is 1. The largest absolute Gasteiger partial charge is 0.588 e. The van der Waals surface area contributed by atoms with E-state index in [1.54, 1.807) is 25.3 Å². The molecule has 4 rings (SSSR count). The van der Waals surface area contributed by atoms with E-state index in [1.807, 2.05) is 30.3 Å². The van der Waals surface area contributed by atoms with Crippen LogP contribution in [-0.4, -0.2) is 15.9 Å². The second-order valence-electron chi connectivity index (χ2n) is 5.69. The maximum Gasteiger partial charge on any atom is 0.206 e. The van der Waals surface area contributed by atoms with E-state index in [4.69, 9.17) is 0 Å². The third kappa shape index (κ3) is 2.90. The van der Waals surface area contributed by atoms with Gasteiger partial charge in [-0.3, -0.25) is 4.98 Å². The summed E-state index contributed by atoms with van der Waals surface area (Å²) < 4.78 is 28.5. The quantitative estimate of drug-likeness (QED) is 0.706. The van der Waals surface area contributed by atoms with Crippen LogP contribution in [0, 0.1) is 12.7 Å². The lowest BCUT2D eigenvalue weighted by Gasteiger charge is -2.16. The number of benzene rings is 2. The fraction of sp³-hybridized carbons (Fsp3) is 0.0526. The lowest BCUT2D eigenvalue weighted by Crippen LogP contribution is -2.24. The highest BCUT2D eigenvalue weighted by molar-refractivity contribution is 7.90. The summed E-state index contributed by atoms with van der Waals surface area (Å²) in [5, 5.41) is 0. The normalized spacial score (nSPS) is 15.6. The van der Waals surface area contributed by atoms with Gasteiger partial charge in [0.25, 0.3) is 0 Å². The molecule has 0 saturated carbocycles. The maximum atomic E-state index is 13.6. The zero-order valence-corrected chi connectivity index (χ0v) is 14.2. The van der Waals surface area contributed by atoms with Crippen LogP contribution < -0.4 is 4.72 Å². The molecule has 0 radical (unpaired) electrons. The number of pyridine rings is 1. The Morgan fingerprint density at radius 2 is 1.92 bits per heavy atom. The predicted molar refractivity (Wildman–Crippen MR) is 97.5 cm³/mol. The van der Waals surface area contributed by atoms with Crippen LogP contribution in [0.2, 0.25) is 0 Å². The molecule has 0 bridgehead atoms. The summed E-state index contributed by atoms with van der Waals surface area (Å²) in [5.41, 5.74) is 4.62. The lowest BCUT2D eigenvalue weighted by atomic mass is 9.98. The molecule has 1 aliphatic rings. The van der Waals surface area contributed by atoms with Crippen LogP contribution in [-0.2, 0) is 11.4 Å². The van der Waals surface area contributed by atoms with Gasteiger partial charge in [-0.2, -0.15) is 4.72 Å². The van der Waals surface area contributed by atoms with Gasteiger partial charge in [0.2, 0.25) is 4.90 Å². The van der Waals surface area contributed by atoms with E-state index >= 15 is 0 Å². The number of halogens is 1. The monoisotopic (exact) mass is 351 g/mol. The zero-order valence-electron chi connectivity index (χ0n) is 13.4. The molecule has 1 unspecified atom stereocenters. The van der Waals surface area contributed by atoms with Gasteiger partial charge in [0.1, 0.15) is 29.2 Å². The fourth-order valence-corrected chi connectivity index (χ4v) is 3.62. The average molecular weight is 351 g/mol. The van der Waals surface area contributed by atoms with Crippen LogP contribution in [0.4, 0.5) is 10.1 Å². The summed E-state index contributed by atoms with van der Waals surface area (Å²) in [6.07, 6.45) is 3.15. The minimum atomic E-state index is -1.33. The molecule has 2 aromatic carbocycles. The van der Waals surface area contributed by atoms with Crippen molar-refractivity contribution in [3.63, 3.8) is 0 Å². The van der Waals surface area contributed by atoms with Crippen molar-refractivity contribution in [1.29, 1.82) is 0 Å². The third-order valence-corrected chi connectivity index (χ3v) is 5.12. The van der Waals surface area contributed by atoms with E-state index in [-0.39, 0.29) is 5.82 Å². The molecule has 1 atom stereocenters. The molecule has 4 nitrogen and oxygen atoms in total. The SMILES string of the molecule is Cc1cc(-c2ncccc2-c2ccc3c(c2)[S+]([O-])NC=N3)ccc1F. The Morgan fingerprint density at radius 1 is 1.08 bits per heavy atom. The van der Waals surface area contributed by atoms with Gasteiger partial charge in [-0.25, -0.2) is 9.38 Å². The lowest BCUT2D eigenvalue weighted by molar-refractivity contribution is 0.591. The summed E-state index contributed by atoms with van der Waals surface area (Å²) in [7, 11) is 0. The van der Waals surface area contributed by atoms with Crippen LogP contribution in [0.3, 0.4) is 0 Å². The molecule has 0 saturated heterocycles. The molecule has 124 valence electrons. The van der Waals surface area contributed by atoms with E-state index in [0.717, 1.165) is 22.4 Å². The van der Waals surface area contributed by atoms with Crippen molar-refractivity contribution in [3.05, 3.63) is 66.1 Å². The predicted octanol–water partition coefficient (Wildman–Crippen LogP) is 4.15. The Balaban J connectivity index is 1.86. The highest BCUT2D eigenvalue weighted by atomic mass is 32.2. The highest BCUT2D eigenvalue weighted by Crippen LogP contribution is 2.35. The molecule has 0 amide bonds. The standard InChI is InChI=1S/C19H14FN3OS/c1-12-9-14(4-6-16(12)20)19-15(3-2-8-21-19)13-5-7-17-18(10-13)25(24)23-11-22-17/h2-11H,1H3,(H,22,23). The van der Waals surface area contributed by atoms with Crippen LogP contribution in [0.15, 0.2) is 64.6 Å². The van der Waals surface area contributed by atoms with Gasteiger partial charge in [-0.15, -0.1) is 0 Å². The van der Waals surface area contributed by atoms with Crippen molar-refractivity contribution in [2.24, 2.45) is 4.99 Å². The van der Waals surface area contributed by atoms with Crippen molar-refractivity contribution in [3.8, 4) is 22.4 Å². The Morgan fingerprint density at radius 3 is 2.76 bits per heavy atom.